The molecule has 210 valence electrons. The standard InChI is InChI=1S/C25H27ClF2N10O2/c1-30-13-40-19-6-5-16(21(27)22(19)28)18-12-34-24-23(32-9-10-38(18)24)35-14-3-4-15(17(26)11-14)25(39)33-8-7-20(29)36-37-31-2/h3-6,9-12,30-31,37H,7-8,13H2,1-2H3,(H2,29,36)(H,32,35)(H,33,39). The fraction of sp³-hybridized carbons (Fsp3) is 0.200. The van der Waals surface area contributed by atoms with Crippen LogP contribution in [0.1, 0.15) is 16.8 Å². The molecule has 0 fully saturated rings. The Balaban J connectivity index is 1.51. The quantitative estimate of drug-likeness (QED) is 0.0650. The molecule has 2 aromatic heterocycles. The van der Waals surface area contributed by atoms with E-state index >= 15 is 0 Å². The number of hydrogen-bond acceptors (Lipinski definition) is 9. The molecule has 0 aliphatic rings. The number of nitrogens with two attached hydrogens (primary N) is 1. The molecule has 15 heteroatoms. The summed E-state index contributed by atoms with van der Waals surface area (Å²) in [7, 11) is 3.27. The number of carbonyl (C=O) groups is 1. The zero-order valence-electron chi connectivity index (χ0n) is 21.6. The van der Waals surface area contributed by atoms with Crippen molar-refractivity contribution in [2.45, 2.75) is 6.42 Å². The summed E-state index contributed by atoms with van der Waals surface area (Å²) in [6, 6.07) is 7.56. The highest BCUT2D eigenvalue weighted by Gasteiger charge is 2.20. The van der Waals surface area contributed by atoms with Gasteiger partial charge in [0.25, 0.3) is 5.91 Å². The predicted octanol–water partition coefficient (Wildman–Crippen LogP) is 2.74. The van der Waals surface area contributed by atoms with E-state index in [1.165, 1.54) is 24.5 Å². The van der Waals surface area contributed by atoms with E-state index in [1.807, 2.05) is 0 Å². The van der Waals surface area contributed by atoms with Gasteiger partial charge < -0.3 is 21.1 Å². The molecule has 0 saturated heterocycles. The van der Waals surface area contributed by atoms with Gasteiger partial charge in [-0.05, 0) is 37.4 Å². The third-order valence-electron chi connectivity index (χ3n) is 5.58. The van der Waals surface area contributed by atoms with Crippen LogP contribution >= 0.6 is 11.6 Å². The minimum absolute atomic E-state index is 0.00342. The van der Waals surface area contributed by atoms with Crippen LogP contribution in [-0.2, 0) is 0 Å². The molecule has 0 aliphatic heterocycles. The summed E-state index contributed by atoms with van der Waals surface area (Å²) in [4.78, 5) is 21.2. The van der Waals surface area contributed by atoms with E-state index in [0.29, 0.717) is 35.1 Å². The third kappa shape index (κ3) is 6.36. The van der Waals surface area contributed by atoms with E-state index in [2.05, 4.69) is 42.0 Å². The maximum atomic E-state index is 14.9. The van der Waals surface area contributed by atoms with E-state index in [1.54, 1.807) is 42.9 Å². The van der Waals surface area contributed by atoms with Gasteiger partial charge in [-0.25, -0.2) is 25.3 Å². The molecule has 2 heterocycles. The van der Waals surface area contributed by atoms with Gasteiger partial charge in [-0.1, -0.05) is 11.6 Å². The number of anilines is 2. The van der Waals surface area contributed by atoms with Crippen LogP contribution in [0.5, 0.6) is 5.75 Å². The molecule has 4 rings (SSSR count). The fourth-order valence-electron chi connectivity index (χ4n) is 3.69. The second-order valence-electron chi connectivity index (χ2n) is 8.28. The maximum absolute atomic E-state index is 14.9. The summed E-state index contributed by atoms with van der Waals surface area (Å²) in [6.07, 6.45) is 4.83. The number of halogens is 3. The number of benzene rings is 2. The lowest BCUT2D eigenvalue weighted by Gasteiger charge is -2.11. The number of nitrogens with one attached hydrogen (secondary N) is 5. The fourth-order valence-corrected chi connectivity index (χ4v) is 3.96. The Bertz CT molecular complexity index is 1550. The Kier molecular flexibility index (Phi) is 9.27. The van der Waals surface area contributed by atoms with Crippen molar-refractivity contribution in [2.75, 3.05) is 32.7 Å². The summed E-state index contributed by atoms with van der Waals surface area (Å²) in [5.41, 5.74) is 12.3. The van der Waals surface area contributed by atoms with Crippen LogP contribution in [0.2, 0.25) is 5.02 Å². The molecule has 40 heavy (non-hydrogen) atoms. The highest BCUT2D eigenvalue weighted by molar-refractivity contribution is 6.34. The summed E-state index contributed by atoms with van der Waals surface area (Å²) in [5.74, 6) is -2.10. The van der Waals surface area contributed by atoms with Crippen LogP contribution in [0.25, 0.3) is 16.9 Å². The molecule has 1 amide bonds. The number of hydrazone groups is 1. The maximum Gasteiger partial charge on any atom is 0.252 e. The first kappa shape index (κ1) is 28.5. The first-order valence-electron chi connectivity index (χ1n) is 12.0. The summed E-state index contributed by atoms with van der Waals surface area (Å²) in [6.45, 7) is 0.293. The van der Waals surface area contributed by atoms with Crippen LogP contribution in [0, 0.1) is 11.6 Å². The Labute approximate surface area is 232 Å². The van der Waals surface area contributed by atoms with Crippen molar-refractivity contribution in [1.29, 1.82) is 0 Å². The van der Waals surface area contributed by atoms with Crippen molar-refractivity contribution < 1.29 is 18.3 Å². The summed E-state index contributed by atoms with van der Waals surface area (Å²) >= 11 is 6.38. The van der Waals surface area contributed by atoms with Crippen LogP contribution in [0.15, 0.2) is 54.0 Å². The highest BCUT2D eigenvalue weighted by Crippen LogP contribution is 2.32. The average Bonchev–Trinajstić information content (AvgIpc) is 3.37. The molecule has 12 nitrogen and oxygen atoms in total. The SMILES string of the molecule is CNCOc1ccc(-c2cnc3c(Nc4ccc(C(=O)NCCC(N)=NNNC)c(Cl)c4)nccn23)c(F)c1F. The zero-order chi connectivity index (χ0) is 28.6. The lowest BCUT2D eigenvalue weighted by atomic mass is 10.1. The normalized spacial score (nSPS) is 11.5. The molecule has 0 aliphatic carbocycles. The number of fused-ring (bicyclic) bond motifs is 1. The topological polar surface area (TPSA) is 155 Å². The van der Waals surface area contributed by atoms with Crippen LogP contribution in [0.3, 0.4) is 0 Å². The number of ether oxygens (including phenoxy) is 1. The number of amidine groups is 1. The minimum Gasteiger partial charge on any atom is -0.475 e. The first-order chi connectivity index (χ1) is 19.3. The van der Waals surface area contributed by atoms with Gasteiger partial charge in [-0.15, -0.1) is 0 Å². The smallest absolute Gasteiger partial charge is 0.252 e. The number of hydrogen-bond donors (Lipinski definition) is 6. The molecular weight excluding hydrogens is 546 g/mol. The van der Waals surface area contributed by atoms with Crippen LogP contribution in [-0.4, -0.2) is 53.5 Å². The lowest BCUT2D eigenvalue weighted by Crippen LogP contribution is -2.31. The zero-order valence-corrected chi connectivity index (χ0v) is 22.3. The molecule has 0 saturated carbocycles. The van der Waals surface area contributed by atoms with Gasteiger partial charge in [0, 0.05) is 43.7 Å². The van der Waals surface area contributed by atoms with Gasteiger partial charge >= 0.3 is 0 Å². The van der Waals surface area contributed by atoms with Crippen molar-refractivity contribution in [3.8, 4) is 17.0 Å². The molecule has 0 bridgehead atoms. The monoisotopic (exact) mass is 572 g/mol. The number of aromatic nitrogens is 3. The Morgan fingerprint density at radius 1 is 1.18 bits per heavy atom. The predicted molar refractivity (Wildman–Crippen MR) is 148 cm³/mol. The number of nitrogens with zero attached hydrogens (tertiary/aromatic N) is 4. The molecule has 4 aromatic rings. The third-order valence-corrected chi connectivity index (χ3v) is 5.89. The molecule has 0 atom stereocenters. The van der Waals surface area contributed by atoms with Gasteiger partial charge in [-0.3, -0.25) is 14.5 Å². The molecule has 0 radical (unpaired) electrons. The van der Waals surface area contributed by atoms with Gasteiger partial charge in [0.15, 0.2) is 23.0 Å². The van der Waals surface area contributed by atoms with E-state index in [9.17, 15) is 13.6 Å². The Morgan fingerprint density at radius 2 is 2.00 bits per heavy atom. The largest absolute Gasteiger partial charge is 0.475 e. The van der Waals surface area contributed by atoms with Crippen molar-refractivity contribution in [1.82, 2.24) is 36.0 Å². The molecule has 0 unspecified atom stereocenters. The number of carbonyl (C=O) groups excluding carboxylic acids is 1. The highest BCUT2D eigenvalue weighted by atomic mass is 35.5. The van der Waals surface area contributed by atoms with E-state index in [4.69, 9.17) is 22.1 Å². The van der Waals surface area contributed by atoms with Crippen LogP contribution < -0.4 is 37.4 Å². The van der Waals surface area contributed by atoms with Crippen molar-refractivity contribution in [3.63, 3.8) is 0 Å². The number of amides is 1. The van der Waals surface area contributed by atoms with E-state index in [-0.39, 0.29) is 41.1 Å². The van der Waals surface area contributed by atoms with Crippen molar-refractivity contribution in [3.05, 3.63) is 71.1 Å². The molecule has 2 aromatic carbocycles. The Hall–Kier alpha value is -4.53. The molecule has 7 N–H and O–H groups in total. The Morgan fingerprint density at radius 3 is 2.75 bits per heavy atom. The number of imidazole rings is 1. The van der Waals surface area contributed by atoms with Crippen molar-refractivity contribution >= 4 is 40.5 Å². The molecular formula is C25H27ClF2N10O2. The number of rotatable bonds is 12. The number of hydrazine groups is 1. The van der Waals surface area contributed by atoms with E-state index < -0.39 is 11.6 Å². The van der Waals surface area contributed by atoms with Gasteiger partial charge in [0.05, 0.1) is 22.5 Å². The van der Waals surface area contributed by atoms with Crippen LogP contribution in [0.4, 0.5) is 20.3 Å². The second kappa shape index (κ2) is 13.0. The van der Waals surface area contributed by atoms with E-state index in [0.717, 1.165) is 0 Å². The summed E-state index contributed by atoms with van der Waals surface area (Å²) in [5, 5.41) is 12.6. The van der Waals surface area contributed by atoms with Crippen molar-refractivity contribution in [2.24, 2.45) is 10.8 Å². The van der Waals surface area contributed by atoms with Gasteiger partial charge in [0.2, 0.25) is 5.82 Å². The minimum atomic E-state index is -1.10. The lowest BCUT2D eigenvalue weighted by molar-refractivity contribution is 0.0955. The molecule has 0 spiro atoms. The summed E-state index contributed by atoms with van der Waals surface area (Å²) < 4.78 is 36.3. The second-order valence-corrected chi connectivity index (χ2v) is 8.69. The average molecular weight is 573 g/mol. The first-order valence-corrected chi connectivity index (χ1v) is 12.4. The van der Waals surface area contributed by atoms with Gasteiger partial charge in [0.1, 0.15) is 12.6 Å². The van der Waals surface area contributed by atoms with Gasteiger partial charge in [-0.2, -0.15) is 9.49 Å².